The Kier molecular flexibility index (Phi) is 4.72. The fourth-order valence-electron chi connectivity index (χ4n) is 2.49. The van der Waals surface area contributed by atoms with E-state index in [-0.39, 0.29) is 17.9 Å². The molecule has 0 aliphatic heterocycles. The van der Waals surface area contributed by atoms with E-state index in [9.17, 15) is 9.59 Å². The van der Waals surface area contributed by atoms with E-state index in [0.29, 0.717) is 12.8 Å². The fourth-order valence-corrected chi connectivity index (χ4v) is 2.49. The fraction of sp³-hybridized carbons (Fsp3) is 0.500. The normalized spacial score (nSPS) is 14.2. The first kappa shape index (κ1) is 13.8. The van der Waals surface area contributed by atoms with Crippen LogP contribution >= 0.6 is 0 Å². The molecule has 0 bridgehead atoms. The minimum Gasteiger partial charge on any atom is -0.462 e. The van der Waals surface area contributed by atoms with E-state index in [1.807, 2.05) is 12.1 Å². The van der Waals surface area contributed by atoms with Gasteiger partial charge in [-0.25, -0.2) is 0 Å². The molecule has 19 heavy (non-hydrogen) atoms. The predicted octanol–water partition coefficient (Wildman–Crippen LogP) is 2.85. The van der Waals surface area contributed by atoms with Crippen molar-refractivity contribution in [1.29, 1.82) is 0 Å². The largest absolute Gasteiger partial charge is 0.462 e. The molecule has 1 aromatic rings. The maximum Gasteiger partial charge on any atom is 0.306 e. The summed E-state index contributed by atoms with van der Waals surface area (Å²) in [6.07, 6.45) is 4.14. The van der Waals surface area contributed by atoms with Crippen molar-refractivity contribution in [3.05, 3.63) is 35.4 Å². The van der Waals surface area contributed by atoms with Gasteiger partial charge in [0.25, 0.3) is 0 Å². The monoisotopic (exact) mass is 260 g/mol. The van der Waals surface area contributed by atoms with Crippen LogP contribution in [0.1, 0.15) is 43.7 Å². The van der Waals surface area contributed by atoms with E-state index in [2.05, 4.69) is 12.1 Å². The summed E-state index contributed by atoms with van der Waals surface area (Å²) in [5.41, 5.74) is 2.58. The minimum atomic E-state index is -0.138. The first-order chi connectivity index (χ1) is 9.15. The highest BCUT2D eigenvalue weighted by molar-refractivity contribution is 5.75. The van der Waals surface area contributed by atoms with E-state index < -0.39 is 0 Å². The van der Waals surface area contributed by atoms with Crippen LogP contribution in [0.25, 0.3) is 0 Å². The number of unbranched alkanes of at least 4 members (excludes halogenated alkanes) is 1. The van der Waals surface area contributed by atoms with Crippen molar-refractivity contribution in [3.8, 4) is 0 Å². The van der Waals surface area contributed by atoms with Crippen LogP contribution in [-0.4, -0.2) is 17.9 Å². The smallest absolute Gasteiger partial charge is 0.306 e. The Morgan fingerprint density at radius 1 is 1.11 bits per heavy atom. The van der Waals surface area contributed by atoms with Crippen molar-refractivity contribution in [2.75, 3.05) is 0 Å². The van der Waals surface area contributed by atoms with Crippen LogP contribution in [0.2, 0.25) is 0 Å². The zero-order valence-electron chi connectivity index (χ0n) is 11.4. The SMILES string of the molecule is CC(=O)CCCCC(=O)OC1Cc2ccccc2C1. The van der Waals surface area contributed by atoms with Crippen molar-refractivity contribution < 1.29 is 14.3 Å². The zero-order valence-corrected chi connectivity index (χ0v) is 11.4. The van der Waals surface area contributed by atoms with Gasteiger partial charge in [-0.2, -0.15) is 0 Å². The van der Waals surface area contributed by atoms with Gasteiger partial charge in [0.05, 0.1) is 0 Å². The van der Waals surface area contributed by atoms with Gasteiger partial charge in [-0.15, -0.1) is 0 Å². The molecule has 1 aromatic carbocycles. The topological polar surface area (TPSA) is 43.4 Å². The number of ketones is 1. The van der Waals surface area contributed by atoms with E-state index in [1.165, 1.54) is 11.1 Å². The molecule has 1 aliphatic rings. The summed E-state index contributed by atoms with van der Waals surface area (Å²) < 4.78 is 5.48. The molecule has 0 amide bonds. The minimum absolute atomic E-state index is 0.00212. The summed E-state index contributed by atoms with van der Waals surface area (Å²) in [7, 11) is 0. The van der Waals surface area contributed by atoms with E-state index in [1.54, 1.807) is 6.92 Å². The van der Waals surface area contributed by atoms with Crippen LogP contribution in [0, 0.1) is 0 Å². The van der Waals surface area contributed by atoms with Crippen molar-refractivity contribution in [2.45, 2.75) is 51.6 Å². The number of esters is 1. The number of fused-ring (bicyclic) bond motifs is 1. The number of rotatable bonds is 6. The Balaban J connectivity index is 1.69. The quantitative estimate of drug-likeness (QED) is 0.583. The first-order valence-electron chi connectivity index (χ1n) is 6.91. The summed E-state index contributed by atoms with van der Waals surface area (Å²) in [6.45, 7) is 1.58. The van der Waals surface area contributed by atoms with E-state index >= 15 is 0 Å². The van der Waals surface area contributed by atoms with Crippen LogP contribution in [0.4, 0.5) is 0 Å². The second-order valence-electron chi connectivity index (χ2n) is 5.20. The molecule has 3 heteroatoms. The molecule has 0 atom stereocenters. The molecule has 0 heterocycles. The van der Waals surface area contributed by atoms with Gasteiger partial charge < -0.3 is 9.53 Å². The van der Waals surface area contributed by atoms with Gasteiger partial charge in [-0.3, -0.25) is 4.79 Å². The maximum absolute atomic E-state index is 11.7. The molecule has 0 unspecified atom stereocenters. The van der Waals surface area contributed by atoms with Gasteiger partial charge in [-0.1, -0.05) is 24.3 Å². The lowest BCUT2D eigenvalue weighted by Crippen LogP contribution is -2.18. The lowest BCUT2D eigenvalue weighted by Gasteiger charge is -2.11. The molecule has 1 aliphatic carbocycles. The Bertz CT molecular complexity index is 440. The van der Waals surface area contributed by atoms with Crippen molar-refractivity contribution in [3.63, 3.8) is 0 Å². The van der Waals surface area contributed by atoms with Gasteiger partial charge in [0.1, 0.15) is 11.9 Å². The number of carbonyl (C=O) groups excluding carboxylic acids is 2. The highest BCUT2D eigenvalue weighted by Crippen LogP contribution is 2.24. The molecular weight excluding hydrogens is 240 g/mol. The third kappa shape index (κ3) is 4.19. The lowest BCUT2D eigenvalue weighted by atomic mass is 10.1. The van der Waals surface area contributed by atoms with Crippen molar-refractivity contribution in [2.24, 2.45) is 0 Å². The standard InChI is InChI=1S/C16H20O3/c1-12(17)6-2-5-9-16(18)19-15-10-13-7-3-4-8-14(13)11-15/h3-4,7-8,15H,2,5-6,9-11H2,1H3. The van der Waals surface area contributed by atoms with Gasteiger partial charge in [0.2, 0.25) is 0 Å². The van der Waals surface area contributed by atoms with Crippen LogP contribution < -0.4 is 0 Å². The number of hydrogen-bond acceptors (Lipinski definition) is 3. The molecule has 0 saturated carbocycles. The Hall–Kier alpha value is -1.64. The van der Waals surface area contributed by atoms with Crippen LogP contribution in [0.15, 0.2) is 24.3 Å². The first-order valence-corrected chi connectivity index (χ1v) is 6.91. The average Bonchev–Trinajstić information content (AvgIpc) is 2.76. The van der Waals surface area contributed by atoms with E-state index in [4.69, 9.17) is 4.74 Å². The number of benzene rings is 1. The summed E-state index contributed by atoms with van der Waals surface area (Å²) in [5, 5.41) is 0. The molecule has 0 aromatic heterocycles. The Morgan fingerprint density at radius 2 is 1.68 bits per heavy atom. The van der Waals surface area contributed by atoms with Gasteiger partial charge in [-0.05, 0) is 30.9 Å². The molecule has 3 nitrogen and oxygen atoms in total. The average molecular weight is 260 g/mol. The third-order valence-electron chi connectivity index (χ3n) is 3.47. The van der Waals surface area contributed by atoms with Gasteiger partial charge >= 0.3 is 5.97 Å². The Morgan fingerprint density at radius 3 is 2.26 bits per heavy atom. The molecular formula is C16H20O3. The number of ether oxygens (including phenoxy) is 1. The highest BCUT2D eigenvalue weighted by Gasteiger charge is 2.23. The molecule has 0 spiro atoms. The highest BCUT2D eigenvalue weighted by atomic mass is 16.5. The van der Waals surface area contributed by atoms with Crippen molar-refractivity contribution >= 4 is 11.8 Å². The Labute approximate surface area is 114 Å². The number of hydrogen-bond donors (Lipinski definition) is 0. The zero-order chi connectivity index (χ0) is 13.7. The summed E-state index contributed by atoms with van der Waals surface area (Å²) in [5.74, 6) is 0.0426. The molecule has 0 saturated heterocycles. The maximum atomic E-state index is 11.7. The predicted molar refractivity (Wildman–Crippen MR) is 72.9 cm³/mol. The molecule has 0 fully saturated rings. The van der Waals surface area contributed by atoms with Gasteiger partial charge in [0.15, 0.2) is 0 Å². The lowest BCUT2D eigenvalue weighted by molar-refractivity contribution is -0.148. The number of carbonyl (C=O) groups is 2. The second-order valence-corrected chi connectivity index (χ2v) is 5.20. The van der Waals surface area contributed by atoms with Gasteiger partial charge in [0, 0.05) is 25.7 Å². The van der Waals surface area contributed by atoms with Crippen LogP contribution in [0.3, 0.4) is 0 Å². The summed E-state index contributed by atoms with van der Waals surface area (Å²) >= 11 is 0. The molecule has 0 N–H and O–H groups in total. The van der Waals surface area contributed by atoms with Crippen LogP contribution in [0.5, 0.6) is 0 Å². The van der Waals surface area contributed by atoms with Crippen molar-refractivity contribution in [1.82, 2.24) is 0 Å². The van der Waals surface area contributed by atoms with Crippen LogP contribution in [-0.2, 0) is 27.2 Å². The number of Topliss-reactive ketones (excluding diaryl/α,β-unsaturated/α-hetero) is 1. The summed E-state index contributed by atoms with van der Waals surface area (Å²) in [6, 6.07) is 8.22. The second kappa shape index (κ2) is 6.50. The summed E-state index contributed by atoms with van der Waals surface area (Å²) in [4.78, 5) is 22.5. The molecule has 2 rings (SSSR count). The molecule has 102 valence electrons. The third-order valence-corrected chi connectivity index (χ3v) is 3.47. The molecule has 0 radical (unpaired) electrons. The van der Waals surface area contributed by atoms with E-state index in [0.717, 1.165) is 25.7 Å².